The summed E-state index contributed by atoms with van der Waals surface area (Å²) in [5, 5.41) is 15.6. The van der Waals surface area contributed by atoms with E-state index in [1.165, 1.54) is 6.07 Å². The van der Waals surface area contributed by atoms with Gasteiger partial charge in [-0.25, -0.2) is 0 Å². The number of benzene rings is 2. The minimum absolute atomic E-state index is 0.0139. The summed E-state index contributed by atoms with van der Waals surface area (Å²) in [6, 6.07) is 16.0. The number of carbonyl (C=O) groups is 2. The Kier molecular flexibility index (Phi) is 5.86. The first-order chi connectivity index (χ1) is 12.6. The molecule has 136 valence electrons. The van der Waals surface area contributed by atoms with Crippen LogP contribution in [0.1, 0.15) is 23.2 Å². The standard InChI is InChI=1S/C20H23N3O3/c24-18-9-5-4-8-17(18)20(26)22-16-10-12-23(13-11-16)14-19(25)21-15-6-2-1-3-7-15/h1-9,16,24H,10-14H2,(H,21,25)(H,22,26). The Labute approximate surface area is 152 Å². The third-order valence-corrected chi connectivity index (χ3v) is 4.50. The van der Waals surface area contributed by atoms with Crippen LogP contribution in [0.25, 0.3) is 0 Å². The molecule has 2 aromatic rings. The van der Waals surface area contributed by atoms with Gasteiger partial charge in [-0.05, 0) is 37.1 Å². The maximum atomic E-state index is 12.2. The molecule has 0 aliphatic carbocycles. The van der Waals surface area contributed by atoms with E-state index >= 15 is 0 Å². The lowest BCUT2D eigenvalue weighted by Crippen LogP contribution is -2.46. The van der Waals surface area contributed by atoms with Crippen LogP contribution in [0.3, 0.4) is 0 Å². The third-order valence-electron chi connectivity index (χ3n) is 4.50. The van der Waals surface area contributed by atoms with Crippen LogP contribution in [-0.2, 0) is 4.79 Å². The van der Waals surface area contributed by atoms with E-state index < -0.39 is 0 Å². The van der Waals surface area contributed by atoms with Gasteiger partial charge in [-0.2, -0.15) is 0 Å². The van der Waals surface area contributed by atoms with Crippen LogP contribution in [0.2, 0.25) is 0 Å². The molecule has 26 heavy (non-hydrogen) atoms. The summed E-state index contributed by atoms with van der Waals surface area (Å²) in [7, 11) is 0. The summed E-state index contributed by atoms with van der Waals surface area (Å²) in [6.45, 7) is 1.83. The lowest BCUT2D eigenvalue weighted by Gasteiger charge is -2.31. The SMILES string of the molecule is O=C(CN1CCC(NC(=O)c2ccccc2O)CC1)Nc1ccccc1. The third kappa shape index (κ3) is 4.83. The summed E-state index contributed by atoms with van der Waals surface area (Å²) < 4.78 is 0. The summed E-state index contributed by atoms with van der Waals surface area (Å²) in [5.74, 6) is -0.309. The van der Waals surface area contributed by atoms with E-state index in [0.717, 1.165) is 31.6 Å². The van der Waals surface area contributed by atoms with Crippen molar-refractivity contribution in [2.75, 3.05) is 25.0 Å². The number of nitrogens with zero attached hydrogens (tertiary/aromatic N) is 1. The average Bonchev–Trinajstić information content (AvgIpc) is 2.64. The highest BCUT2D eigenvalue weighted by Gasteiger charge is 2.23. The number of hydrogen-bond acceptors (Lipinski definition) is 4. The van der Waals surface area contributed by atoms with Gasteiger partial charge in [-0.1, -0.05) is 30.3 Å². The molecule has 6 nitrogen and oxygen atoms in total. The minimum Gasteiger partial charge on any atom is -0.507 e. The first-order valence-electron chi connectivity index (χ1n) is 8.78. The Morgan fingerprint density at radius 3 is 2.35 bits per heavy atom. The highest BCUT2D eigenvalue weighted by Crippen LogP contribution is 2.17. The van der Waals surface area contributed by atoms with Crippen LogP contribution in [0.4, 0.5) is 5.69 Å². The molecule has 1 saturated heterocycles. The van der Waals surface area contributed by atoms with Crippen molar-refractivity contribution in [3.8, 4) is 5.75 Å². The van der Waals surface area contributed by atoms with Gasteiger partial charge in [0.15, 0.2) is 0 Å². The lowest BCUT2D eigenvalue weighted by molar-refractivity contribution is -0.117. The van der Waals surface area contributed by atoms with Crippen molar-refractivity contribution in [2.24, 2.45) is 0 Å². The average molecular weight is 353 g/mol. The number of likely N-dealkylation sites (tertiary alicyclic amines) is 1. The van der Waals surface area contributed by atoms with Gasteiger partial charge in [0, 0.05) is 24.8 Å². The summed E-state index contributed by atoms with van der Waals surface area (Å²) >= 11 is 0. The van der Waals surface area contributed by atoms with E-state index in [9.17, 15) is 14.7 Å². The maximum Gasteiger partial charge on any atom is 0.255 e. The number of anilines is 1. The van der Waals surface area contributed by atoms with Crippen LogP contribution < -0.4 is 10.6 Å². The smallest absolute Gasteiger partial charge is 0.255 e. The molecular weight excluding hydrogens is 330 g/mol. The molecule has 1 fully saturated rings. The zero-order valence-electron chi connectivity index (χ0n) is 14.5. The highest BCUT2D eigenvalue weighted by molar-refractivity contribution is 5.97. The van der Waals surface area contributed by atoms with Crippen LogP contribution in [0.15, 0.2) is 54.6 Å². The molecule has 3 N–H and O–H groups in total. The van der Waals surface area contributed by atoms with Crippen LogP contribution in [0.5, 0.6) is 5.75 Å². The number of phenolic OH excluding ortho intramolecular Hbond substituents is 1. The van der Waals surface area contributed by atoms with Crippen LogP contribution in [0, 0.1) is 0 Å². The van der Waals surface area contributed by atoms with Crippen molar-refractivity contribution in [2.45, 2.75) is 18.9 Å². The van der Waals surface area contributed by atoms with Crippen molar-refractivity contribution in [3.05, 3.63) is 60.2 Å². The number of aromatic hydroxyl groups is 1. The van der Waals surface area contributed by atoms with E-state index in [1.807, 2.05) is 30.3 Å². The number of amides is 2. The van der Waals surface area contributed by atoms with Gasteiger partial charge in [0.05, 0.1) is 12.1 Å². The molecule has 0 atom stereocenters. The molecule has 1 heterocycles. The monoisotopic (exact) mass is 353 g/mol. The number of carbonyl (C=O) groups excluding carboxylic acids is 2. The number of phenols is 1. The van der Waals surface area contributed by atoms with Gasteiger partial charge in [0.1, 0.15) is 5.75 Å². The molecule has 2 aromatic carbocycles. The second kappa shape index (κ2) is 8.49. The van der Waals surface area contributed by atoms with E-state index in [0.29, 0.717) is 6.54 Å². The molecule has 0 radical (unpaired) electrons. The van der Waals surface area contributed by atoms with Gasteiger partial charge in [-0.15, -0.1) is 0 Å². The summed E-state index contributed by atoms with van der Waals surface area (Å²) in [6.07, 6.45) is 1.55. The predicted molar refractivity (Wildman–Crippen MR) is 100 cm³/mol. The number of piperidine rings is 1. The zero-order chi connectivity index (χ0) is 18.4. The second-order valence-corrected chi connectivity index (χ2v) is 6.46. The highest BCUT2D eigenvalue weighted by atomic mass is 16.3. The van der Waals surface area contributed by atoms with Crippen molar-refractivity contribution >= 4 is 17.5 Å². The molecular formula is C20H23N3O3. The zero-order valence-corrected chi connectivity index (χ0v) is 14.5. The molecule has 3 rings (SSSR count). The topological polar surface area (TPSA) is 81.7 Å². The van der Waals surface area contributed by atoms with Gasteiger partial charge < -0.3 is 15.7 Å². The quantitative estimate of drug-likeness (QED) is 0.770. The lowest BCUT2D eigenvalue weighted by atomic mass is 10.0. The molecule has 0 bridgehead atoms. The Hall–Kier alpha value is -2.86. The first-order valence-corrected chi connectivity index (χ1v) is 8.78. The van der Waals surface area contributed by atoms with Crippen LogP contribution in [-0.4, -0.2) is 47.5 Å². The molecule has 1 aliphatic heterocycles. The largest absolute Gasteiger partial charge is 0.507 e. The molecule has 0 saturated carbocycles. The van der Waals surface area contributed by atoms with Crippen molar-refractivity contribution in [1.82, 2.24) is 10.2 Å². The Morgan fingerprint density at radius 2 is 1.65 bits per heavy atom. The van der Waals surface area contributed by atoms with Gasteiger partial charge in [-0.3, -0.25) is 14.5 Å². The van der Waals surface area contributed by atoms with E-state index in [2.05, 4.69) is 15.5 Å². The summed E-state index contributed by atoms with van der Waals surface area (Å²) in [5.41, 5.74) is 1.08. The first kappa shape index (κ1) is 17.9. The number of rotatable bonds is 5. The van der Waals surface area contributed by atoms with Gasteiger partial charge >= 0.3 is 0 Å². The van der Waals surface area contributed by atoms with E-state index in [-0.39, 0.29) is 29.2 Å². The van der Waals surface area contributed by atoms with E-state index in [1.54, 1.807) is 18.2 Å². The fraction of sp³-hybridized carbons (Fsp3) is 0.300. The van der Waals surface area contributed by atoms with Crippen molar-refractivity contribution in [3.63, 3.8) is 0 Å². The normalized spacial score (nSPS) is 15.4. The number of nitrogens with one attached hydrogen (secondary N) is 2. The Balaban J connectivity index is 1.43. The van der Waals surface area contributed by atoms with Crippen LogP contribution >= 0.6 is 0 Å². The minimum atomic E-state index is -0.261. The second-order valence-electron chi connectivity index (χ2n) is 6.46. The number of hydrogen-bond donors (Lipinski definition) is 3. The Bertz CT molecular complexity index is 756. The fourth-order valence-electron chi connectivity index (χ4n) is 3.09. The molecule has 0 unspecified atom stereocenters. The van der Waals surface area contributed by atoms with E-state index in [4.69, 9.17) is 0 Å². The fourth-order valence-corrected chi connectivity index (χ4v) is 3.09. The molecule has 6 heteroatoms. The molecule has 2 amide bonds. The predicted octanol–water partition coefficient (Wildman–Crippen LogP) is 2.23. The van der Waals surface area contributed by atoms with Gasteiger partial charge in [0.2, 0.25) is 5.91 Å². The number of para-hydroxylation sites is 2. The van der Waals surface area contributed by atoms with Crippen molar-refractivity contribution < 1.29 is 14.7 Å². The maximum absolute atomic E-state index is 12.2. The van der Waals surface area contributed by atoms with Crippen molar-refractivity contribution in [1.29, 1.82) is 0 Å². The molecule has 1 aliphatic rings. The molecule has 0 spiro atoms. The Morgan fingerprint density at radius 1 is 1.00 bits per heavy atom. The van der Waals surface area contributed by atoms with Gasteiger partial charge in [0.25, 0.3) is 5.91 Å². The molecule has 0 aromatic heterocycles. The summed E-state index contributed by atoms with van der Waals surface area (Å²) in [4.78, 5) is 26.4.